The zero-order valence-electron chi connectivity index (χ0n) is 19.5. The molecule has 1 aromatic carbocycles. The van der Waals surface area contributed by atoms with E-state index < -0.39 is 0 Å². The number of carbonyl (C=O) groups excluding carboxylic acids is 1. The Morgan fingerprint density at radius 2 is 2.03 bits per heavy atom. The van der Waals surface area contributed by atoms with Gasteiger partial charge in [-0.1, -0.05) is 43.7 Å². The number of nitrogens with zero attached hydrogens (tertiary/aromatic N) is 4. The first-order valence-electron chi connectivity index (χ1n) is 11.6. The van der Waals surface area contributed by atoms with Crippen LogP contribution in [0.3, 0.4) is 0 Å². The molecule has 7 nitrogen and oxygen atoms in total. The number of ether oxygens (including phenoxy) is 1. The molecule has 0 unspecified atom stereocenters. The van der Waals surface area contributed by atoms with Gasteiger partial charge in [-0.25, -0.2) is 0 Å². The van der Waals surface area contributed by atoms with Gasteiger partial charge in [0, 0.05) is 43.9 Å². The summed E-state index contributed by atoms with van der Waals surface area (Å²) in [6.45, 7) is 10.2. The van der Waals surface area contributed by atoms with Crippen LogP contribution < -0.4 is 15.1 Å². The van der Waals surface area contributed by atoms with Gasteiger partial charge in [0.15, 0.2) is 5.82 Å². The third-order valence-corrected chi connectivity index (χ3v) is 5.36. The first kappa shape index (κ1) is 23.6. The quantitative estimate of drug-likeness (QED) is 0.392. The molecular weight excluding hydrogens is 402 g/mol. The van der Waals surface area contributed by atoms with E-state index in [0.29, 0.717) is 31.3 Å². The molecule has 172 valence electrons. The number of aromatic nitrogens is 1. The first-order valence-corrected chi connectivity index (χ1v) is 11.6. The third-order valence-electron chi connectivity index (χ3n) is 5.36. The van der Waals surface area contributed by atoms with Gasteiger partial charge in [0.2, 0.25) is 11.8 Å². The highest BCUT2D eigenvalue weighted by atomic mass is 16.5. The molecule has 0 bridgehead atoms. The van der Waals surface area contributed by atoms with Crippen LogP contribution in [-0.4, -0.2) is 54.8 Å². The van der Waals surface area contributed by atoms with Crippen LogP contribution in [0.4, 0.5) is 11.5 Å². The van der Waals surface area contributed by atoms with Crippen LogP contribution in [0.15, 0.2) is 41.5 Å². The number of hydrazone groups is 1. The highest BCUT2D eigenvalue weighted by Gasteiger charge is 2.19. The van der Waals surface area contributed by atoms with Crippen LogP contribution in [0, 0.1) is 6.92 Å². The molecule has 32 heavy (non-hydrogen) atoms. The molecule has 1 aromatic heterocycles. The normalized spacial score (nSPS) is 13.7. The van der Waals surface area contributed by atoms with Crippen LogP contribution in [-0.2, 0) is 4.79 Å². The predicted octanol–water partition coefficient (Wildman–Crippen LogP) is 4.46. The number of anilines is 2. The predicted molar refractivity (Wildman–Crippen MR) is 131 cm³/mol. The van der Waals surface area contributed by atoms with Gasteiger partial charge in [-0.2, -0.15) is 10.1 Å². The van der Waals surface area contributed by atoms with E-state index in [1.807, 2.05) is 29.2 Å². The van der Waals surface area contributed by atoms with Gasteiger partial charge >= 0.3 is 0 Å². The van der Waals surface area contributed by atoms with Crippen LogP contribution in [0.5, 0.6) is 5.88 Å². The lowest BCUT2D eigenvalue weighted by Crippen LogP contribution is -2.29. The van der Waals surface area contributed by atoms with Crippen molar-refractivity contribution < 1.29 is 9.53 Å². The summed E-state index contributed by atoms with van der Waals surface area (Å²) in [4.78, 5) is 20.6. The lowest BCUT2D eigenvalue weighted by Gasteiger charge is -2.24. The molecule has 0 saturated carbocycles. The minimum atomic E-state index is 0.209. The molecule has 2 heterocycles. The topological polar surface area (TPSA) is 70.1 Å². The second kappa shape index (κ2) is 12.1. The zero-order valence-corrected chi connectivity index (χ0v) is 19.5. The number of carbonyl (C=O) groups is 1. The van der Waals surface area contributed by atoms with E-state index in [-0.39, 0.29) is 5.91 Å². The van der Waals surface area contributed by atoms with Gasteiger partial charge < -0.3 is 14.5 Å². The fourth-order valence-corrected chi connectivity index (χ4v) is 3.84. The number of pyridine rings is 1. The van der Waals surface area contributed by atoms with Gasteiger partial charge in [0.25, 0.3) is 0 Å². The first-order chi connectivity index (χ1) is 15.6. The molecule has 1 saturated heterocycles. The highest BCUT2D eigenvalue weighted by Crippen LogP contribution is 2.25. The Morgan fingerprint density at radius 1 is 1.22 bits per heavy atom. The number of likely N-dealkylation sites (tertiary alicyclic amines) is 1. The maximum Gasteiger partial charge on any atom is 0.222 e. The summed E-state index contributed by atoms with van der Waals surface area (Å²) >= 11 is 0. The van der Waals surface area contributed by atoms with E-state index in [0.717, 1.165) is 50.1 Å². The third kappa shape index (κ3) is 6.97. The summed E-state index contributed by atoms with van der Waals surface area (Å²) in [7, 11) is 0. The van der Waals surface area contributed by atoms with Crippen LogP contribution >= 0.6 is 0 Å². The van der Waals surface area contributed by atoms with Crippen molar-refractivity contribution >= 4 is 23.6 Å². The van der Waals surface area contributed by atoms with E-state index >= 15 is 0 Å². The van der Waals surface area contributed by atoms with Crippen molar-refractivity contribution in [2.75, 3.05) is 43.1 Å². The van der Waals surface area contributed by atoms with Crippen molar-refractivity contribution in [3.63, 3.8) is 0 Å². The Bertz CT molecular complexity index is 909. The van der Waals surface area contributed by atoms with Crippen molar-refractivity contribution in [2.45, 2.75) is 46.5 Å². The van der Waals surface area contributed by atoms with E-state index in [1.54, 1.807) is 6.21 Å². The Morgan fingerprint density at radius 3 is 2.72 bits per heavy atom. The van der Waals surface area contributed by atoms with Gasteiger partial charge in [-0.15, -0.1) is 0 Å². The monoisotopic (exact) mass is 437 g/mol. The molecule has 3 rings (SSSR count). The lowest BCUT2D eigenvalue weighted by atomic mass is 10.2. The van der Waals surface area contributed by atoms with Crippen molar-refractivity contribution in [3.8, 4) is 5.88 Å². The van der Waals surface area contributed by atoms with Gasteiger partial charge in [0.1, 0.15) is 6.61 Å². The maximum atomic E-state index is 11.8. The van der Waals surface area contributed by atoms with Crippen LogP contribution in [0.1, 0.15) is 50.7 Å². The van der Waals surface area contributed by atoms with Crippen molar-refractivity contribution in [1.29, 1.82) is 0 Å². The van der Waals surface area contributed by atoms with Crippen LogP contribution in [0.25, 0.3) is 0 Å². The molecule has 0 spiro atoms. The molecule has 1 aliphatic heterocycles. The number of benzene rings is 1. The molecule has 2 aromatic rings. The number of hydrogen-bond donors (Lipinski definition) is 1. The van der Waals surface area contributed by atoms with E-state index in [9.17, 15) is 4.79 Å². The average Bonchev–Trinajstić information content (AvgIpc) is 3.18. The number of nitrogens with one attached hydrogen (secondary N) is 1. The minimum absolute atomic E-state index is 0.209. The largest absolute Gasteiger partial charge is 0.476 e. The number of aryl methyl sites for hydroxylation is 1. The zero-order chi connectivity index (χ0) is 22.8. The molecule has 0 atom stereocenters. The molecule has 7 heteroatoms. The summed E-state index contributed by atoms with van der Waals surface area (Å²) in [6.07, 6.45) is 5.48. The fourth-order valence-electron chi connectivity index (χ4n) is 3.84. The Balaban J connectivity index is 1.73. The summed E-state index contributed by atoms with van der Waals surface area (Å²) in [6, 6.07) is 12.2. The SMILES string of the molecule is CCCN(CCC)c1cc(N/N=C/c2cccc(C)c2)nc(OCCN2CCCC2=O)c1. The van der Waals surface area contributed by atoms with Crippen molar-refractivity contribution in [2.24, 2.45) is 5.10 Å². The Hall–Kier alpha value is -3.09. The van der Waals surface area contributed by atoms with Crippen molar-refractivity contribution in [3.05, 3.63) is 47.5 Å². The van der Waals surface area contributed by atoms with Gasteiger partial charge in [-0.3, -0.25) is 10.2 Å². The molecule has 1 aliphatic rings. The lowest BCUT2D eigenvalue weighted by molar-refractivity contribution is -0.128. The Kier molecular flexibility index (Phi) is 8.90. The van der Waals surface area contributed by atoms with E-state index in [1.165, 1.54) is 5.56 Å². The summed E-state index contributed by atoms with van der Waals surface area (Å²) < 4.78 is 5.96. The van der Waals surface area contributed by atoms with E-state index in [4.69, 9.17) is 4.74 Å². The number of rotatable bonds is 12. The Labute approximate surface area is 191 Å². The molecule has 1 fully saturated rings. The molecular formula is C25H35N5O2. The summed E-state index contributed by atoms with van der Waals surface area (Å²) in [5, 5.41) is 4.38. The van der Waals surface area contributed by atoms with Crippen molar-refractivity contribution in [1.82, 2.24) is 9.88 Å². The van der Waals surface area contributed by atoms with E-state index in [2.05, 4.69) is 53.3 Å². The molecule has 0 radical (unpaired) electrons. The fraction of sp³-hybridized carbons (Fsp3) is 0.480. The second-order valence-corrected chi connectivity index (χ2v) is 8.15. The van der Waals surface area contributed by atoms with Gasteiger partial charge in [-0.05, 0) is 31.7 Å². The number of hydrogen-bond acceptors (Lipinski definition) is 6. The average molecular weight is 438 g/mol. The smallest absolute Gasteiger partial charge is 0.222 e. The molecule has 1 amide bonds. The molecule has 1 N–H and O–H groups in total. The minimum Gasteiger partial charge on any atom is -0.476 e. The standard InChI is InChI=1S/C25H35N5O2/c1-4-11-29(12-5-2)22-17-23(28-26-19-21-9-6-8-20(3)16-21)27-24(18-22)32-15-14-30-13-7-10-25(30)31/h6,8-9,16-19H,4-5,7,10-15H2,1-3H3,(H,27,28)/b26-19+. The second-order valence-electron chi connectivity index (χ2n) is 8.15. The maximum absolute atomic E-state index is 11.8. The van der Waals surface area contributed by atoms with Gasteiger partial charge in [0.05, 0.1) is 12.8 Å². The van der Waals surface area contributed by atoms with Crippen LogP contribution in [0.2, 0.25) is 0 Å². The highest BCUT2D eigenvalue weighted by molar-refractivity contribution is 5.80. The summed E-state index contributed by atoms with van der Waals surface area (Å²) in [5.41, 5.74) is 6.34. The number of amides is 1. The summed E-state index contributed by atoms with van der Waals surface area (Å²) in [5.74, 6) is 1.38. The molecule has 0 aliphatic carbocycles.